The first-order valence-electron chi connectivity index (χ1n) is 7.45. The summed E-state index contributed by atoms with van der Waals surface area (Å²) < 4.78 is 10.6. The number of morpholine rings is 1. The zero-order valence-electron chi connectivity index (χ0n) is 12.0. The number of rotatable bonds is 5. The summed E-state index contributed by atoms with van der Waals surface area (Å²) in [5, 5.41) is 5.67. The van der Waals surface area contributed by atoms with E-state index in [1.807, 2.05) is 6.20 Å². The number of hydrogen-bond donors (Lipinski definition) is 2. The number of amides is 2. The van der Waals surface area contributed by atoms with Gasteiger partial charge < -0.3 is 20.1 Å². The SMILES string of the molecule is O=C(NC=C1CCOCC1)NCCCN1CCOCC1. The van der Waals surface area contributed by atoms with Crippen LogP contribution in [0.25, 0.3) is 0 Å². The Kier molecular flexibility index (Phi) is 6.83. The van der Waals surface area contributed by atoms with Crippen molar-refractivity contribution in [3.05, 3.63) is 11.8 Å². The molecule has 6 heteroatoms. The largest absolute Gasteiger partial charge is 0.381 e. The molecule has 0 aromatic heterocycles. The monoisotopic (exact) mass is 283 g/mol. The molecule has 0 saturated carbocycles. The van der Waals surface area contributed by atoms with Crippen LogP contribution in [0.3, 0.4) is 0 Å². The number of ether oxygens (including phenoxy) is 2. The maximum Gasteiger partial charge on any atom is 0.318 e. The second kappa shape index (κ2) is 8.94. The predicted octanol–water partition coefficient (Wildman–Crippen LogP) is 0.702. The number of hydrogen-bond acceptors (Lipinski definition) is 4. The molecule has 0 spiro atoms. The van der Waals surface area contributed by atoms with Crippen molar-refractivity contribution < 1.29 is 14.3 Å². The Labute approximate surface area is 120 Å². The lowest BCUT2D eigenvalue weighted by Crippen LogP contribution is -2.39. The van der Waals surface area contributed by atoms with E-state index in [4.69, 9.17) is 9.47 Å². The molecule has 2 fully saturated rings. The Balaban J connectivity index is 1.51. The van der Waals surface area contributed by atoms with E-state index in [2.05, 4.69) is 15.5 Å². The van der Waals surface area contributed by atoms with E-state index in [-0.39, 0.29) is 6.03 Å². The number of nitrogens with zero attached hydrogens (tertiary/aromatic N) is 1. The molecular formula is C14H25N3O3. The highest BCUT2D eigenvalue weighted by atomic mass is 16.5. The smallest absolute Gasteiger partial charge is 0.318 e. The summed E-state index contributed by atoms with van der Waals surface area (Å²) in [6.45, 7) is 6.89. The molecule has 0 aromatic rings. The van der Waals surface area contributed by atoms with Gasteiger partial charge in [-0.15, -0.1) is 0 Å². The molecule has 2 aliphatic heterocycles. The summed E-state index contributed by atoms with van der Waals surface area (Å²) in [6, 6.07) is -0.119. The van der Waals surface area contributed by atoms with Gasteiger partial charge in [0, 0.05) is 25.8 Å². The lowest BCUT2D eigenvalue weighted by molar-refractivity contribution is 0.0375. The molecule has 0 radical (unpaired) electrons. The van der Waals surface area contributed by atoms with E-state index in [9.17, 15) is 4.79 Å². The first kappa shape index (κ1) is 15.3. The molecule has 2 N–H and O–H groups in total. The van der Waals surface area contributed by atoms with Gasteiger partial charge in [-0.1, -0.05) is 0 Å². The van der Waals surface area contributed by atoms with Crippen LogP contribution >= 0.6 is 0 Å². The van der Waals surface area contributed by atoms with E-state index in [0.717, 1.165) is 65.3 Å². The standard InChI is InChI=1S/C14H25N3O3/c18-14(16-12-13-2-8-19-9-3-13)15-4-1-5-17-6-10-20-11-7-17/h12H,1-11H2,(H2,15,16,18). The van der Waals surface area contributed by atoms with Gasteiger partial charge in [-0.3, -0.25) is 4.90 Å². The van der Waals surface area contributed by atoms with Crippen molar-refractivity contribution in [2.45, 2.75) is 19.3 Å². The van der Waals surface area contributed by atoms with Gasteiger partial charge in [0.05, 0.1) is 26.4 Å². The van der Waals surface area contributed by atoms with Gasteiger partial charge in [0.15, 0.2) is 0 Å². The van der Waals surface area contributed by atoms with Gasteiger partial charge in [-0.25, -0.2) is 4.79 Å². The topological polar surface area (TPSA) is 62.8 Å². The second-order valence-electron chi connectivity index (χ2n) is 5.12. The van der Waals surface area contributed by atoms with Crippen LogP contribution in [-0.4, -0.2) is 63.5 Å². The predicted molar refractivity (Wildman–Crippen MR) is 76.5 cm³/mol. The van der Waals surface area contributed by atoms with E-state index in [1.54, 1.807) is 0 Å². The second-order valence-corrected chi connectivity index (χ2v) is 5.12. The van der Waals surface area contributed by atoms with Crippen LogP contribution in [-0.2, 0) is 9.47 Å². The van der Waals surface area contributed by atoms with Crippen molar-refractivity contribution in [1.82, 2.24) is 15.5 Å². The molecule has 114 valence electrons. The van der Waals surface area contributed by atoms with Crippen molar-refractivity contribution in [2.75, 3.05) is 52.6 Å². The minimum atomic E-state index is -0.119. The summed E-state index contributed by atoms with van der Waals surface area (Å²) in [4.78, 5) is 14.0. The van der Waals surface area contributed by atoms with Gasteiger partial charge in [-0.05, 0) is 31.4 Å². The highest BCUT2D eigenvalue weighted by Gasteiger charge is 2.09. The average molecular weight is 283 g/mol. The van der Waals surface area contributed by atoms with Crippen LogP contribution in [0.15, 0.2) is 11.8 Å². The first-order valence-corrected chi connectivity index (χ1v) is 7.45. The van der Waals surface area contributed by atoms with E-state index in [1.165, 1.54) is 5.57 Å². The van der Waals surface area contributed by atoms with Gasteiger partial charge >= 0.3 is 6.03 Å². The maximum atomic E-state index is 11.6. The van der Waals surface area contributed by atoms with Crippen LogP contribution in [0.1, 0.15) is 19.3 Å². The van der Waals surface area contributed by atoms with Crippen LogP contribution in [0, 0.1) is 0 Å². The van der Waals surface area contributed by atoms with Crippen LogP contribution in [0.4, 0.5) is 4.79 Å². The lowest BCUT2D eigenvalue weighted by atomic mass is 10.1. The molecule has 20 heavy (non-hydrogen) atoms. The Morgan fingerprint density at radius 1 is 1.15 bits per heavy atom. The van der Waals surface area contributed by atoms with Crippen LogP contribution in [0.5, 0.6) is 0 Å². The Morgan fingerprint density at radius 3 is 2.60 bits per heavy atom. The molecule has 2 rings (SSSR count). The normalized spacial score (nSPS) is 20.5. The number of carbonyl (C=O) groups excluding carboxylic acids is 1. The third kappa shape index (κ3) is 5.90. The third-order valence-corrected chi connectivity index (χ3v) is 3.58. The van der Waals surface area contributed by atoms with Gasteiger partial charge in [-0.2, -0.15) is 0 Å². The molecule has 0 bridgehead atoms. The molecule has 0 aliphatic carbocycles. The lowest BCUT2D eigenvalue weighted by Gasteiger charge is -2.26. The fourth-order valence-electron chi connectivity index (χ4n) is 2.33. The quantitative estimate of drug-likeness (QED) is 0.729. The molecule has 2 heterocycles. The van der Waals surface area contributed by atoms with Crippen LogP contribution < -0.4 is 10.6 Å². The molecule has 2 saturated heterocycles. The van der Waals surface area contributed by atoms with Crippen molar-refractivity contribution in [3.8, 4) is 0 Å². The molecular weight excluding hydrogens is 258 g/mol. The average Bonchev–Trinajstić information content (AvgIpc) is 2.52. The van der Waals surface area contributed by atoms with Gasteiger partial charge in [0.2, 0.25) is 0 Å². The van der Waals surface area contributed by atoms with Gasteiger partial charge in [0.25, 0.3) is 0 Å². The summed E-state index contributed by atoms with van der Waals surface area (Å²) in [7, 11) is 0. The van der Waals surface area contributed by atoms with E-state index in [0.29, 0.717) is 6.54 Å². The summed E-state index contributed by atoms with van der Waals surface area (Å²) in [6.07, 6.45) is 4.62. The number of urea groups is 1. The molecule has 0 aromatic carbocycles. The fourth-order valence-corrected chi connectivity index (χ4v) is 2.33. The van der Waals surface area contributed by atoms with Crippen LogP contribution in [0.2, 0.25) is 0 Å². The van der Waals surface area contributed by atoms with Crippen molar-refractivity contribution >= 4 is 6.03 Å². The number of carbonyl (C=O) groups is 1. The molecule has 2 aliphatic rings. The highest BCUT2D eigenvalue weighted by molar-refractivity contribution is 5.74. The van der Waals surface area contributed by atoms with E-state index < -0.39 is 0 Å². The first-order chi connectivity index (χ1) is 9.84. The molecule has 0 unspecified atom stereocenters. The minimum absolute atomic E-state index is 0.119. The third-order valence-electron chi connectivity index (χ3n) is 3.58. The molecule has 2 amide bonds. The van der Waals surface area contributed by atoms with Crippen molar-refractivity contribution in [1.29, 1.82) is 0 Å². The van der Waals surface area contributed by atoms with Crippen molar-refractivity contribution in [3.63, 3.8) is 0 Å². The summed E-state index contributed by atoms with van der Waals surface area (Å²) >= 11 is 0. The number of nitrogens with one attached hydrogen (secondary N) is 2. The zero-order valence-corrected chi connectivity index (χ0v) is 12.0. The minimum Gasteiger partial charge on any atom is -0.381 e. The van der Waals surface area contributed by atoms with Crippen molar-refractivity contribution in [2.24, 2.45) is 0 Å². The Hall–Kier alpha value is -1.11. The Bertz CT molecular complexity index is 320. The summed E-state index contributed by atoms with van der Waals surface area (Å²) in [5.41, 5.74) is 1.25. The Morgan fingerprint density at radius 2 is 1.85 bits per heavy atom. The fraction of sp³-hybridized carbons (Fsp3) is 0.786. The zero-order chi connectivity index (χ0) is 14.0. The molecule has 0 atom stereocenters. The van der Waals surface area contributed by atoms with Gasteiger partial charge in [0.1, 0.15) is 0 Å². The maximum absolute atomic E-state index is 11.6. The molecule has 6 nitrogen and oxygen atoms in total. The van der Waals surface area contributed by atoms with E-state index >= 15 is 0 Å². The summed E-state index contributed by atoms with van der Waals surface area (Å²) in [5.74, 6) is 0. The highest BCUT2D eigenvalue weighted by Crippen LogP contribution is 2.11.